The number of methoxy groups -OCH3 is 2. The van der Waals surface area contributed by atoms with Gasteiger partial charge in [-0.1, -0.05) is 12.1 Å². The lowest BCUT2D eigenvalue weighted by atomic mass is 9.98. The Bertz CT molecular complexity index is 1050. The van der Waals surface area contributed by atoms with Crippen molar-refractivity contribution in [1.29, 1.82) is 0 Å². The molecular weight excluding hydrogens is 391 g/mol. The van der Waals surface area contributed by atoms with Crippen LogP contribution in [0.3, 0.4) is 0 Å². The molecule has 0 aliphatic carbocycles. The highest BCUT2D eigenvalue weighted by atomic mass is 32.1. The summed E-state index contributed by atoms with van der Waals surface area (Å²) >= 11 is 1.42. The lowest BCUT2D eigenvalue weighted by molar-refractivity contribution is -0.131. The van der Waals surface area contributed by atoms with Gasteiger partial charge in [0.2, 0.25) is 5.91 Å². The van der Waals surface area contributed by atoms with Crippen LogP contribution in [0.5, 0.6) is 11.5 Å². The second-order valence-corrected chi connectivity index (χ2v) is 7.73. The summed E-state index contributed by atoms with van der Waals surface area (Å²) in [5, 5.41) is 2.58. The molecule has 29 heavy (non-hydrogen) atoms. The van der Waals surface area contributed by atoms with Crippen LogP contribution < -0.4 is 9.47 Å². The van der Waals surface area contributed by atoms with Crippen LogP contribution in [0.2, 0.25) is 0 Å². The van der Waals surface area contributed by atoms with Crippen molar-refractivity contribution in [3.8, 4) is 22.1 Å². The molecule has 0 spiro atoms. The first kappa shape index (κ1) is 19.4. The van der Waals surface area contributed by atoms with Crippen molar-refractivity contribution in [3.63, 3.8) is 0 Å². The molecule has 5 nitrogen and oxygen atoms in total. The summed E-state index contributed by atoms with van der Waals surface area (Å²) in [6.45, 7) is 1.19. The molecule has 3 aromatic rings. The minimum atomic E-state index is -0.297. The van der Waals surface area contributed by atoms with E-state index in [1.165, 1.54) is 29.0 Å². The van der Waals surface area contributed by atoms with Crippen LogP contribution in [0, 0.1) is 5.82 Å². The van der Waals surface area contributed by atoms with Gasteiger partial charge >= 0.3 is 0 Å². The minimum absolute atomic E-state index is 0.0292. The normalized spacial score (nSPS) is 13.1. The SMILES string of the molecule is COc1cc2c(cc1OC)CN(C(=O)Cc1csc(-c3cccc(F)c3)n1)CC2. The first-order valence-corrected chi connectivity index (χ1v) is 10.2. The Kier molecular flexibility index (Phi) is 5.49. The Morgan fingerprint density at radius 3 is 2.66 bits per heavy atom. The summed E-state index contributed by atoms with van der Waals surface area (Å²) in [6, 6.07) is 10.3. The molecule has 0 saturated carbocycles. The van der Waals surface area contributed by atoms with E-state index in [4.69, 9.17) is 9.47 Å². The van der Waals surface area contributed by atoms with Gasteiger partial charge in [0.25, 0.3) is 0 Å². The lowest BCUT2D eigenvalue weighted by Crippen LogP contribution is -2.37. The Hall–Kier alpha value is -2.93. The van der Waals surface area contributed by atoms with Crippen molar-refractivity contribution in [2.75, 3.05) is 20.8 Å². The molecule has 1 aromatic heterocycles. The molecule has 2 aromatic carbocycles. The predicted molar refractivity (Wildman–Crippen MR) is 110 cm³/mol. The van der Waals surface area contributed by atoms with Gasteiger partial charge in [0.05, 0.1) is 26.3 Å². The molecule has 0 saturated heterocycles. The zero-order chi connectivity index (χ0) is 20.4. The first-order valence-electron chi connectivity index (χ1n) is 9.29. The highest BCUT2D eigenvalue weighted by Crippen LogP contribution is 2.33. The van der Waals surface area contributed by atoms with Crippen molar-refractivity contribution in [2.24, 2.45) is 0 Å². The predicted octanol–water partition coefficient (Wildman–Crippen LogP) is 4.09. The third kappa shape index (κ3) is 4.10. The van der Waals surface area contributed by atoms with E-state index in [0.29, 0.717) is 35.3 Å². The molecule has 0 atom stereocenters. The van der Waals surface area contributed by atoms with E-state index >= 15 is 0 Å². The standard InChI is InChI=1S/C22H21FN2O3S/c1-27-19-9-14-6-7-25(12-16(14)10-20(19)28-2)21(26)11-18-13-29-22(24-18)15-4-3-5-17(23)8-15/h3-5,8-10,13H,6-7,11-12H2,1-2H3. The summed E-state index contributed by atoms with van der Waals surface area (Å²) in [7, 11) is 3.23. The van der Waals surface area contributed by atoms with Crippen LogP contribution in [-0.2, 0) is 24.2 Å². The van der Waals surface area contributed by atoms with Crippen LogP contribution in [-0.4, -0.2) is 36.6 Å². The van der Waals surface area contributed by atoms with E-state index in [0.717, 1.165) is 17.5 Å². The molecule has 0 unspecified atom stereocenters. The number of thiazole rings is 1. The van der Waals surface area contributed by atoms with E-state index < -0.39 is 0 Å². The molecule has 0 fully saturated rings. The van der Waals surface area contributed by atoms with Gasteiger partial charge in [-0.25, -0.2) is 9.37 Å². The second-order valence-electron chi connectivity index (χ2n) is 6.87. The first-order chi connectivity index (χ1) is 14.1. The van der Waals surface area contributed by atoms with Gasteiger partial charge in [-0.15, -0.1) is 11.3 Å². The quantitative estimate of drug-likeness (QED) is 0.633. The molecule has 1 aliphatic rings. The van der Waals surface area contributed by atoms with Crippen molar-refractivity contribution in [3.05, 3.63) is 64.4 Å². The topological polar surface area (TPSA) is 51.7 Å². The Labute approximate surface area is 172 Å². The number of carbonyl (C=O) groups is 1. The maximum Gasteiger partial charge on any atom is 0.228 e. The fraction of sp³-hybridized carbons (Fsp3) is 0.273. The Morgan fingerprint density at radius 2 is 1.93 bits per heavy atom. The number of hydrogen-bond donors (Lipinski definition) is 0. The Balaban J connectivity index is 1.46. The number of benzene rings is 2. The van der Waals surface area contributed by atoms with Crippen LogP contribution in [0.15, 0.2) is 41.8 Å². The molecule has 150 valence electrons. The van der Waals surface area contributed by atoms with Crippen molar-refractivity contribution < 1.29 is 18.7 Å². The average Bonchev–Trinajstić information content (AvgIpc) is 3.20. The summed E-state index contributed by atoms with van der Waals surface area (Å²) in [4.78, 5) is 19.2. The molecule has 4 rings (SSSR count). The maximum atomic E-state index is 13.4. The van der Waals surface area contributed by atoms with Gasteiger partial charge in [0, 0.05) is 24.0 Å². The zero-order valence-corrected chi connectivity index (χ0v) is 17.1. The summed E-state index contributed by atoms with van der Waals surface area (Å²) in [5.74, 6) is 1.11. The summed E-state index contributed by atoms with van der Waals surface area (Å²) in [6.07, 6.45) is 1.00. The van der Waals surface area contributed by atoms with Crippen LogP contribution in [0.25, 0.3) is 10.6 Å². The number of hydrogen-bond acceptors (Lipinski definition) is 5. The van der Waals surface area contributed by atoms with Gasteiger partial charge < -0.3 is 14.4 Å². The maximum absolute atomic E-state index is 13.4. The molecule has 0 bridgehead atoms. The summed E-state index contributed by atoms with van der Waals surface area (Å²) < 4.78 is 24.2. The highest BCUT2D eigenvalue weighted by molar-refractivity contribution is 7.13. The van der Waals surface area contributed by atoms with Crippen molar-refractivity contribution in [2.45, 2.75) is 19.4 Å². The fourth-order valence-corrected chi connectivity index (χ4v) is 4.32. The molecule has 0 radical (unpaired) electrons. The number of ether oxygens (including phenoxy) is 2. The van der Waals surface area contributed by atoms with Gasteiger partial charge in [-0.2, -0.15) is 0 Å². The van der Waals surface area contributed by atoms with E-state index in [1.807, 2.05) is 28.5 Å². The zero-order valence-electron chi connectivity index (χ0n) is 16.3. The number of carbonyl (C=O) groups excluding carboxylic acids is 1. The number of nitrogens with zero attached hydrogens (tertiary/aromatic N) is 2. The number of amides is 1. The van der Waals surface area contributed by atoms with Crippen LogP contribution >= 0.6 is 11.3 Å². The number of rotatable bonds is 5. The van der Waals surface area contributed by atoms with Gasteiger partial charge in [0.15, 0.2) is 11.5 Å². The molecular formula is C22H21FN2O3S. The number of fused-ring (bicyclic) bond motifs is 1. The third-order valence-electron chi connectivity index (χ3n) is 5.03. The largest absolute Gasteiger partial charge is 0.493 e. The van der Waals surface area contributed by atoms with Crippen LogP contribution in [0.4, 0.5) is 4.39 Å². The molecule has 1 amide bonds. The molecule has 1 aliphatic heterocycles. The monoisotopic (exact) mass is 412 g/mol. The van der Waals surface area contributed by atoms with E-state index in [1.54, 1.807) is 20.3 Å². The smallest absolute Gasteiger partial charge is 0.228 e. The fourth-order valence-electron chi connectivity index (χ4n) is 3.51. The number of halogens is 1. The Morgan fingerprint density at radius 1 is 1.17 bits per heavy atom. The van der Waals surface area contributed by atoms with Crippen molar-refractivity contribution in [1.82, 2.24) is 9.88 Å². The summed E-state index contributed by atoms with van der Waals surface area (Å²) in [5.41, 5.74) is 3.67. The molecule has 0 N–H and O–H groups in total. The van der Waals surface area contributed by atoms with E-state index in [-0.39, 0.29) is 18.1 Å². The van der Waals surface area contributed by atoms with E-state index in [9.17, 15) is 9.18 Å². The average molecular weight is 412 g/mol. The van der Waals surface area contributed by atoms with Crippen LogP contribution in [0.1, 0.15) is 16.8 Å². The molecule has 2 heterocycles. The van der Waals surface area contributed by atoms with E-state index in [2.05, 4.69) is 4.98 Å². The van der Waals surface area contributed by atoms with Gasteiger partial charge in [0.1, 0.15) is 10.8 Å². The molecule has 7 heteroatoms. The minimum Gasteiger partial charge on any atom is -0.493 e. The van der Waals surface area contributed by atoms with Gasteiger partial charge in [-0.05, 0) is 41.8 Å². The lowest BCUT2D eigenvalue weighted by Gasteiger charge is -2.29. The van der Waals surface area contributed by atoms with Gasteiger partial charge in [-0.3, -0.25) is 4.79 Å². The highest BCUT2D eigenvalue weighted by Gasteiger charge is 2.23. The second kappa shape index (κ2) is 8.21. The third-order valence-corrected chi connectivity index (χ3v) is 5.97. The van der Waals surface area contributed by atoms with Crippen molar-refractivity contribution >= 4 is 17.2 Å². The number of aromatic nitrogens is 1.